The Morgan fingerprint density at radius 1 is 1.48 bits per heavy atom. The molecule has 128 valence electrons. The van der Waals surface area contributed by atoms with Crippen LogP contribution in [0.3, 0.4) is 0 Å². The fraction of sp³-hybridized carbons (Fsp3) is 0.125. The van der Waals surface area contributed by atoms with Gasteiger partial charge in [0.2, 0.25) is 5.95 Å². The van der Waals surface area contributed by atoms with Gasteiger partial charge in [-0.2, -0.15) is 5.10 Å². The molecule has 0 fully saturated rings. The molecule has 2 heterocycles. The first-order valence-electron chi connectivity index (χ1n) is 7.32. The number of hydrogen-bond donors (Lipinski definition) is 1. The molecule has 0 saturated carbocycles. The highest BCUT2D eigenvalue weighted by atomic mass is 32.2. The topological polar surface area (TPSA) is 112 Å². The smallest absolute Gasteiger partial charge is 0.270 e. The van der Waals surface area contributed by atoms with Crippen LogP contribution >= 0.6 is 11.8 Å². The van der Waals surface area contributed by atoms with Gasteiger partial charge in [-0.25, -0.2) is 9.66 Å². The van der Waals surface area contributed by atoms with Crippen molar-refractivity contribution in [3.05, 3.63) is 69.9 Å². The molecule has 0 amide bonds. The van der Waals surface area contributed by atoms with Crippen LogP contribution in [0.2, 0.25) is 0 Å². The zero-order valence-corrected chi connectivity index (χ0v) is 14.1. The van der Waals surface area contributed by atoms with Crippen molar-refractivity contribution in [2.45, 2.75) is 17.6 Å². The Balaban J connectivity index is 1.89. The number of nitrogens with zero attached hydrogens (tertiary/aromatic N) is 4. The highest BCUT2D eigenvalue weighted by Crippen LogP contribution is 2.28. The van der Waals surface area contributed by atoms with Crippen LogP contribution in [-0.4, -0.2) is 20.8 Å². The van der Waals surface area contributed by atoms with E-state index in [0.29, 0.717) is 11.3 Å². The molecule has 0 aliphatic rings. The summed E-state index contributed by atoms with van der Waals surface area (Å²) in [4.78, 5) is 15.5. The Labute approximate surface area is 147 Å². The van der Waals surface area contributed by atoms with Gasteiger partial charge in [-0.1, -0.05) is 0 Å². The zero-order valence-electron chi connectivity index (χ0n) is 13.3. The van der Waals surface area contributed by atoms with E-state index >= 15 is 0 Å². The number of rotatable bonds is 6. The largest absolute Gasteiger partial charge is 0.468 e. The summed E-state index contributed by atoms with van der Waals surface area (Å²) in [5.74, 6) is 1.68. The number of anilines is 1. The number of non-ortho nitro benzene ring substituents is 1. The number of aryl methyl sites for hydroxylation is 1. The number of thioether (sulfide) groups is 1. The predicted octanol–water partition coefficient (Wildman–Crippen LogP) is 3.45. The lowest BCUT2D eigenvalue weighted by Gasteiger charge is -2.05. The highest BCUT2D eigenvalue weighted by molar-refractivity contribution is 7.98. The van der Waals surface area contributed by atoms with Gasteiger partial charge in [-0.15, -0.1) is 11.8 Å². The van der Waals surface area contributed by atoms with Gasteiger partial charge in [0.05, 0.1) is 35.0 Å². The second kappa shape index (κ2) is 7.22. The van der Waals surface area contributed by atoms with Gasteiger partial charge in [0.1, 0.15) is 5.76 Å². The molecule has 0 aliphatic heterocycles. The molecule has 25 heavy (non-hydrogen) atoms. The van der Waals surface area contributed by atoms with E-state index in [1.807, 2.05) is 12.1 Å². The van der Waals surface area contributed by atoms with Crippen LogP contribution in [0.15, 0.2) is 57.2 Å². The lowest BCUT2D eigenvalue weighted by Crippen LogP contribution is -1.98. The molecule has 0 spiro atoms. The third-order valence-electron chi connectivity index (χ3n) is 3.31. The molecule has 9 heteroatoms. The van der Waals surface area contributed by atoms with Crippen molar-refractivity contribution in [3.8, 4) is 0 Å². The van der Waals surface area contributed by atoms with Crippen molar-refractivity contribution in [1.29, 1.82) is 0 Å². The van der Waals surface area contributed by atoms with E-state index in [4.69, 9.17) is 10.2 Å². The van der Waals surface area contributed by atoms with Gasteiger partial charge in [0, 0.05) is 22.6 Å². The number of imidazole rings is 1. The number of aromatic nitrogens is 2. The quantitative estimate of drug-likeness (QED) is 0.313. The maximum atomic E-state index is 11.0. The maximum Gasteiger partial charge on any atom is 0.270 e. The maximum absolute atomic E-state index is 11.0. The van der Waals surface area contributed by atoms with E-state index < -0.39 is 4.92 Å². The molecule has 0 saturated heterocycles. The van der Waals surface area contributed by atoms with Crippen molar-refractivity contribution in [1.82, 2.24) is 9.66 Å². The second-order valence-corrected chi connectivity index (χ2v) is 6.19. The number of furan rings is 1. The monoisotopic (exact) mass is 357 g/mol. The molecule has 0 atom stereocenters. The number of nitrogen functional groups attached to an aromatic ring is 1. The fourth-order valence-electron chi connectivity index (χ4n) is 2.15. The van der Waals surface area contributed by atoms with E-state index in [1.165, 1.54) is 34.8 Å². The Hall–Kier alpha value is -3.07. The van der Waals surface area contributed by atoms with Crippen molar-refractivity contribution in [2.75, 3.05) is 5.73 Å². The average molecular weight is 357 g/mol. The number of nitro benzene ring substituents is 1. The number of hydrogen-bond acceptors (Lipinski definition) is 7. The van der Waals surface area contributed by atoms with Gasteiger partial charge in [-0.05, 0) is 25.1 Å². The average Bonchev–Trinajstić information content (AvgIpc) is 3.20. The predicted molar refractivity (Wildman–Crippen MR) is 95.7 cm³/mol. The molecular weight excluding hydrogens is 342 g/mol. The molecule has 0 aliphatic carbocycles. The van der Waals surface area contributed by atoms with Crippen molar-refractivity contribution in [2.24, 2.45) is 5.10 Å². The summed E-state index contributed by atoms with van der Waals surface area (Å²) in [5, 5.41) is 15.3. The third-order valence-corrected chi connectivity index (χ3v) is 4.42. The molecule has 1 aromatic carbocycles. The molecule has 0 bridgehead atoms. The summed E-state index contributed by atoms with van der Waals surface area (Å²) in [6, 6.07) is 8.35. The van der Waals surface area contributed by atoms with Crippen LogP contribution in [0, 0.1) is 17.0 Å². The normalized spacial score (nSPS) is 11.2. The van der Waals surface area contributed by atoms with Gasteiger partial charge >= 0.3 is 0 Å². The third kappa shape index (κ3) is 4.07. The van der Waals surface area contributed by atoms with Gasteiger partial charge in [0.25, 0.3) is 5.69 Å². The molecule has 3 rings (SSSR count). The van der Waals surface area contributed by atoms with Crippen molar-refractivity contribution < 1.29 is 9.34 Å². The Bertz CT molecular complexity index is 918. The van der Waals surface area contributed by atoms with Crippen molar-refractivity contribution >= 4 is 29.6 Å². The van der Waals surface area contributed by atoms with Gasteiger partial charge in [0.15, 0.2) is 0 Å². The van der Waals surface area contributed by atoms with Crippen LogP contribution < -0.4 is 5.73 Å². The van der Waals surface area contributed by atoms with Crippen LogP contribution in [-0.2, 0) is 5.75 Å². The first-order chi connectivity index (χ1) is 12.0. The molecule has 2 N–H and O–H groups in total. The Morgan fingerprint density at radius 3 is 2.96 bits per heavy atom. The van der Waals surface area contributed by atoms with Gasteiger partial charge < -0.3 is 10.2 Å². The summed E-state index contributed by atoms with van der Waals surface area (Å²) in [7, 11) is 0. The molecule has 2 aromatic heterocycles. The van der Waals surface area contributed by atoms with E-state index in [2.05, 4.69) is 10.1 Å². The second-order valence-electron chi connectivity index (χ2n) is 5.18. The van der Waals surface area contributed by atoms with E-state index in [9.17, 15) is 10.1 Å². The summed E-state index contributed by atoms with van der Waals surface area (Å²) >= 11 is 1.51. The number of benzene rings is 1. The first kappa shape index (κ1) is 16.8. The standard InChI is InChI=1S/C16H15N5O3S/c1-11-9-20(16(17)19-11)18-8-12-7-13(21(22)23)4-5-15(12)25-10-14-3-2-6-24-14/h2-9H,10H2,1H3,(H2,17,19). The van der Waals surface area contributed by atoms with Crippen LogP contribution in [0.25, 0.3) is 0 Å². The lowest BCUT2D eigenvalue weighted by molar-refractivity contribution is -0.384. The summed E-state index contributed by atoms with van der Waals surface area (Å²) in [6.45, 7) is 1.81. The molecule has 8 nitrogen and oxygen atoms in total. The summed E-state index contributed by atoms with van der Waals surface area (Å²) < 4.78 is 6.74. The van der Waals surface area contributed by atoms with Gasteiger partial charge in [-0.3, -0.25) is 10.1 Å². The first-order valence-corrected chi connectivity index (χ1v) is 8.31. The Morgan fingerprint density at radius 2 is 2.32 bits per heavy atom. The summed E-state index contributed by atoms with van der Waals surface area (Å²) in [6.07, 6.45) is 4.83. The fourth-order valence-corrected chi connectivity index (χ4v) is 3.05. The molecule has 0 radical (unpaired) electrons. The van der Waals surface area contributed by atoms with Crippen LogP contribution in [0.4, 0.5) is 11.6 Å². The van der Waals surface area contributed by atoms with Crippen LogP contribution in [0.1, 0.15) is 17.0 Å². The molecule has 0 unspecified atom stereocenters. The molecule has 3 aromatic rings. The molecular formula is C16H15N5O3S. The minimum absolute atomic E-state index is 0.00131. The minimum Gasteiger partial charge on any atom is -0.468 e. The number of nitro groups is 1. The van der Waals surface area contributed by atoms with E-state index in [0.717, 1.165) is 16.3 Å². The minimum atomic E-state index is -0.436. The van der Waals surface area contributed by atoms with Crippen molar-refractivity contribution in [3.63, 3.8) is 0 Å². The number of nitrogens with two attached hydrogens (primary N) is 1. The van der Waals surface area contributed by atoms with E-state index in [1.54, 1.807) is 25.5 Å². The van der Waals surface area contributed by atoms with E-state index in [-0.39, 0.29) is 11.6 Å². The summed E-state index contributed by atoms with van der Waals surface area (Å²) in [5.41, 5.74) is 7.11. The lowest BCUT2D eigenvalue weighted by atomic mass is 10.2. The highest BCUT2D eigenvalue weighted by Gasteiger charge is 2.11. The van der Waals surface area contributed by atoms with Crippen LogP contribution in [0.5, 0.6) is 0 Å². The zero-order chi connectivity index (χ0) is 17.8. The Kier molecular flexibility index (Phi) is 4.85. The SMILES string of the molecule is Cc1cn(N=Cc2cc([N+](=O)[O-])ccc2SCc2ccco2)c(N)n1.